The van der Waals surface area contributed by atoms with E-state index < -0.39 is 0 Å². The summed E-state index contributed by atoms with van der Waals surface area (Å²) in [7, 11) is 0. The first-order chi connectivity index (χ1) is 7.15. The van der Waals surface area contributed by atoms with E-state index in [1.807, 2.05) is 32.0 Å². The predicted octanol–water partition coefficient (Wildman–Crippen LogP) is 3.20. The highest BCUT2D eigenvalue weighted by atomic mass is 16.5. The fourth-order valence-electron chi connectivity index (χ4n) is 1.30. The topological polar surface area (TPSA) is 26.3 Å². The van der Waals surface area contributed by atoms with Gasteiger partial charge in [0.05, 0.1) is 5.56 Å². The molecular formula is C13H16O2. The molecule has 0 heterocycles. The van der Waals surface area contributed by atoms with Crippen molar-refractivity contribution in [3.63, 3.8) is 0 Å². The molecule has 0 aromatic heterocycles. The number of esters is 1. The molecule has 0 aliphatic rings. The highest BCUT2D eigenvalue weighted by Gasteiger charge is 2.14. The number of rotatable bonds is 4. The van der Waals surface area contributed by atoms with Crippen LogP contribution in [0, 0.1) is 0 Å². The molecule has 2 heteroatoms. The lowest BCUT2D eigenvalue weighted by Crippen LogP contribution is -2.18. The van der Waals surface area contributed by atoms with E-state index in [9.17, 15) is 4.79 Å². The van der Waals surface area contributed by atoms with E-state index in [0.29, 0.717) is 5.56 Å². The van der Waals surface area contributed by atoms with E-state index in [4.69, 9.17) is 4.74 Å². The SMILES string of the molecule is C=C(C)[C@H](CC)OC(=O)c1ccccc1. The van der Waals surface area contributed by atoms with Crippen LogP contribution >= 0.6 is 0 Å². The highest BCUT2D eigenvalue weighted by Crippen LogP contribution is 2.11. The molecule has 1 aromatic carbocycles. The van der Waals surface area contributed by atoms with Crippen LogP contribution in [0.4, 0.5) is 0 Å². The van der Waals surface area contributed by atoms with Gasteiger partial charge in [0.15, 0.2) is 0 Å². The van der Waals surface area contributed by atoms with Gasteiger partial charge in [0.1, 0.15) is 6.10 Å². The third-order valence-electron chi connectivity index (χ3n) is 2.18. The third-order valence-corrected chi connectivity index (χ3v) is 2.18. The van der Waals surface area contributed by atoms with Crippen molar-refractivity contribution < 1.29 is 9.53 Å². The van der Waals surface area contributed by atoms with Gasteiger partial charge in [-0.3, -0.25) is 0 Å². The predicted molar refractivity (Wildman–Crippen MR) is 60.8 cm³/mol. The van der Waals surface area contributed by atoms with Crippen LogP contribution in [0.2, 0.25) is 0 Å². The van der Waals surface area contributed by atoms with E-state index >= 15 is 0 Å². The van der Waals surface area contributed by atoms with Crippen LogP contribution in [0.25, 0.3) is 0 Å². The second-order valence-electron chi connectivity index (χ2n) is 3.51. The van der Waals surface area contributed by atoms with Crippen molar-refractivity contribution in [3.05, 3.63) is 48.0 Å². The molecule has 0 unspecified atom stereocenters. The number of carbonyl (C=O) groups excluding carboxylic acids is 1. The van der Waals surface area contributed by atoms with Crippen molar-refractivity contribution in [3.8, 4) is 0 Å². The fourth-order valence-corrected chi connectivity index (χ4v) is 1.30. The summed E-state index contributed by atoms with van der Waals surface area (Å²) in [5, 5.41) is 0. The standard InChI is InChI=1S/C13H16O2/c1-4-12(10(2)3)15-13(14)11-8-6-5-7-9-11/h5-9,12H,2,4H2,1,3H3/t12-/m0/s1. The van der Waals surface area contributed by atoms with Gasteiger partial charge >= 0.3 is 5.97 Å². The molecule has 0 saturated heterocycles. The summed E-state index contributed by atoms with van der Waals surface area (Å²) in [4.78, 5) is 11.7. The van der Waals surface area contributed by atoms with E-state index in [2.05, 4.69) is 6.58 Å². The summed E-state index contributed by atoms with van der Waals surface area (Å²) in [5.41, 5.74) is 1.46. The normalized spacial score (nSPS) is 11.9. The lowest BCUT2D eigenvalue weighted by molar-refractivity contribution is 0.0368. The molecule has 0 radical (unpaired) electrons. The Balaban J connectivity index is 2.67. The second-order valence-corrected chi connectivity index (χ2v) is 3.51. The van der Waals surface area contributed by atoms with Gasteiger partial charge in [-0.05, 0) is 31.1 Å². The Hall–Kier alpha value is -1.57. The van der Waals surface area contributed by atoms with Crippen molar-refractivity contribution in [2.75, 3.05) is 0 Å². The van der Waals surface area contributed by atoms with Gasteiger partial charge in [-0.25, -0.2) is 4.79 Å². The van der Waals surface area contributed by atoms with Gasteiger partial charge in [-0.15, -0.1) is 0 Å². The lowest BCUT2D eigenvalue weighted by Gasteiger charge is -2.15. The Morgan fingerprint density at radius 3 is 2.47 bits per heavy atom. The van der Waals surface area contributed by atoms with E-state index in [1.54, 1.807) is 12.1 Å². The average Bonchev–Trinajstić information content (AvgIpc) is 2.26. The smallest absolute Gasteiger partial charge is 0.338 e. The van der Waals surface area contributed by atoms with Crippen LogP contribution in [0.1, 0.15) is 30.6 Å². The minimum Gasteiger partial charge on any atom is -0.454 e. The summed E-state index contributed by atoms with van der Waals surface area (Å²) in [6.45, 7) is 7.63. The molecule has 0 spiro atoms. The molecule has 0 amide bonds. The van der Waals surface area contributed by atoms with Crippen molar-refractivity contribution in [2.24, 2.45) is 0 Å². The first kappa shape index (κ1) is 11.5. The van der Waals surface area contributed by atoms with E-state index in [0.717, 1.165) is 12.0 Å². The van der Waals surface area contributed by atoms with Gasteiger partial charge in [0.25, 0.3) is 0 Å². The molecular weight excluding hydrogens is 188 g/mol. The molecule has 0 N–H and O–H groups in total. The summed E-state index contributed by atoms with van der Waals surface area (Å²) in [6.07, 6.45) is 0.575. The summed E-state index contributed by atoms with van der Waals surface area (Å²) in [5.74, 6) is -0.287. The Labute approximate surface area is 90.6 Å². The summed E-state index contributed by atoms with van der Waals surface area (Å²) < 4.78 is 5.31. The highest BCUT2D eigenvalue weighted by molar-refractivity contribution is 5.89. The molecule has 80 valence electrons. The Morgan fingerprint density at radius 2 is 2.00 bits per heavy atom. The fraction of sp³-hybridized carbons (Fsp3) is 0.308. The quantitative estimate of drug-likeness (QED) is 0.556. The number of carbonyl (C=O) groups is 1. The maximum Gasteiger partial charge on any atom is 0.338 e. The molecule has 1 rings (SSSR count). The molecule has 0 aliphatic carbocycles. The van der Waals surface area contributed by atoms with E-state index in [1.165, 1.54) is 0 Å². The zero-order valence-electron chi connectivity index (χ0n) is 9.19. The number of ether oxygens (including phenoxy) is 1. The van der Waals surface area contributed by atoms with Crippen LogP contribution in [0.3, 0.4) is 0 Å². The molecule has 0 aliphatic heterocycles. The molecule has 2 nitrogen and oxygen atoms in total. The summed E-state index contributed by atoms with van der Waals surface area (Å²) in [6, 6.07) is 8.99. The number of hydrogen-bond donors (Lipinski definition) is 0. The maximum absolute atomic E-state index is 11.7. The molecule has 0 saturated carbocycles. The Morgan fingerprint density at radius 1 is 1.40 bits per heavy atom. The first-order valence-corrected chi connectivity index (χ1v) is 5.06. The van der Waals surface area contributed by atoms with Crippen molar-refractivity contribution >= 4 is 5.97 Å². The van der Waals surface area contributed by atoms with Crippen LogP contribution in [-0.4, -0.2) is 12.1 Å². The Kier molecular flexibility index (Phi) is 4.10. The third kappa shape index (κ3) is 3.24. The number of hydrogen-bond acceptors (Lipinski definition) is 2. The average molecular weight is 204 g/mol. The zero-order valence-corrected chi connectivity index (χ0v) is 9.19. The van der Waals surface area contributed by atoms with Gasteiger partial charge < -0.3 is 4.74 Å². The van der Waals surface area contributed by atoms with Crippen molar-refractivity contribution in [1.82, 2.24) is 0 Å². The minimum atomic E-state index is -0.287. The van der Waals surface area contributed by atoms with Crippen LogP contribution in [-0.2, 0) is 4.74 Å². The largest absolute Gasteiger partial charge is 0.454 e. The number of benzene rings is 1. The Bertz CT molecular complexity index is 341. The first-order valence-electron chi connectivity index (χ1n) is 5.06. The van der Waals surface area contributed by atoms with Gasteiger partial charge in [0.2, 0.25) is 0 Å². The van der Waals surface area contributed by atoms with Gasteiger partial charge in [-0.2, -0.15) is 0 Å². The molecule has 1 atom stereocenters. The zero-order chi connectivity index (χ0) is 11.3. The van der Waals surface area contributed by atoms with Gasteiger partial charge in [0, 0.05) is 0 Å². The van der Waals surface area contributed by atoms with Crippen molar-refractivity contribution in [2.45, 2.75) is 26.4 Å². The minimum absolute atomic E-state index is 0.183. The summed E-state index contributed by atoms with van der Waals surface area (Å²) >= 11 is 0. The molecule has 1 aromatic rings. The van der Waals surface area contributed by atoms with E-state index in [-0.39, 0.29) is 12.1 Å². The molecule has 0 bridgehead atoms. The van der Waals surface area contributed by atoms with Crippen LogP contribution in [0.5, 0.6) is 0 Å². The lowest BCUT2D eigenvalue weighted by atomic mass is 10.1. The second kappa shape index (κ2) is 5.35. The monoisotopic (exact) mass is 204 g/mol. The van der Waals surface area contributed by atoms with Crippen molar-refractivity contribution in [1.29, 1.82) is 0 Å². The van der Waals surface area contributed by atoms with Gasteiger partial charge in [-0.1, -0.05) is 31.7 Å². The molecule has 0 fully saturated rings. The van der Waals surface area contributed by atoms with Crippen LogP contribution < -0.4 is 0 Å². The van der Waals surface area contributed by atoms with Crippen LogP contribution in [0.15, 0.2) is 42.5 Å². The molecule has 15 heavy (non-hydrogen) atoms. The maximum atomic E-state index is 11.7.